The number of anilines is 1. The summed E-state index contributed by atoms with van der Waals surface area (Å²) in [6.07, 6.45) is 3.04. The summed E-state index contributed by atoms with van der Waals surface area (Å²) in [5, 5.41) is 3.25. The molecule has 1 aliphatic carbocycles. The van der Waals surface area contributed by atoms with Crippen molar-refractivity contribution in [2.24, 2.45) is 0 Å². The molecule has 1 fully saturated rings. The maximum atomic E-state index is 13.6. The Balaban J connectivity index is 1.96. The molecule has 0 aromatic heterocycles. The minimum absolute atomic E-state index is 0.0258. The maximum absolute atomic E-state index is 13.6. The van der Waals surface area contributed by atoms with E-state index in [-0.39, 0.29) is 6.04 Å². The molecule has 0 aliphatic heterocycles. The van der Waals surface area contributed by atoms with Crippen molar-refractivity contribution in [3.8, 4) is 5.75 Å². The minimum Gasteiger partial charge on any atom is -0.497 e. The first kappa shape index (κ1) is 11.2. The summed E-state index contributed by atoms with van der Waals surface area (Å²) in [5.74, 6) is 0.825. The third-order valence-corrected chi connectivity index (χ3v) is 3.12. The predicted octanol–water partition coefficient (Wildman–Crippen LogP) is 3.39. The number of hydrogen-bond acceptors (Lipinski definition) is 2. The van der Waals surface area contributed by atoms with Crippen LogP contribution in [0.15, 0.2) is 24.3 Å². The van der Waals surface area contributed by atoms with Gasteiger partial charge in [0.25, 0.3) is 0 Å². The first-order valence-electron chi connectivity index (χ1n) is 5.84. The molecule has 2 rings (SSSR count). The molecule has 1 aromatic rings. The zero-order valence-electron chi connectivity index (χ0n) is 9.58. The first-order chi connectivity index (χ1) is 7.79. The lowest BCUT2D eigenvalue weighted by molar-refractivity contribution is 0.230. The lowest BCUT2D eigenvalue weighted by Gasteiger charge is -2.27. The summed E-state index contributed by atoms with van der Waals surface area (Å²) < 4.78 is 18.7. The van der Waals surface area contributed by atoms with Crippen LogP contribution in [-0.4, -0.2) is 19.3 Å². The summed E-state index contributed by atoms with van der Waals surface area (Å²) in [5.41, 5.74) is 0.968. The van der Waals surface area contributed by atoms with Gasteiger partial charge in [-0.15, -0.1) is 0 Å². The Morgan fingerprint density at radius 2 is 1.88 bits per heavy atom. The van der Waals surface area contributed by atoms with Crippen LogP contribution in [0.1, 0.15) is 25.7 Å². The molecular formula is C13H18FNO. The fourth-order valence-electron chi connectivity index (χ4n) is 2.15. The molecule has 0 bridgehead atoms. The van der Waals surface area contributed by atoms with Gasteiger partial charge in [-0.2, -0.15) is 0 Å². The van der Waals surface area contributed by atoms with E-state index in [9.17, 15) is 4.39 Å². The normalized spacial score (nSPS) is 25.1. The molecule has 1 N–H and O–H groups in total. The third kappa shape index (κ3) is 2.65. The number of methoxy groups -OCH3 is 1. The van der Waals surface area contributed by atoms with E-state index in [0.29, 0.717) is 6.42 Å². The van der Waals surface area contributed by atoms with Crippen molar-refractivity contribution in [1.29, 1.82) is 0 Å². The van der Waals surface area contributed by atoms with Gasteiger partial charge in [0.15, 0.2) is 0 Å². The number of nitrogens with one attached hydrogen (secondary N) is 1. The van der Waals surface area contributed by atoms with Gasteiger partial charge >= 0.3 is 0 Å². The molecule has 16 heavy (non-hydrogen) atoms. The summed E-state index contributed by atoms with van der Waals surface area (Å²) >= 11 is 0. The van der Waals surface area contributed by atoms with E-state index >= 15 is 0 Å². The number of hydrogen-bond donors (Lipinski definition) is 1. The van der Waals surface area contributed by atoms with Crippen molar-refractivity contribution in [1.82, 2.24) is 0 Å². The van der Waals surface area contributed by atoms with Gasteiger partial charge in [0.1, 0.15) is 11.9 Å². The quantitative estimate of drug-likeness (QED) is 0.848. The third-order valence-electron chi connectivity index (χ3n) is 3.12. The average Bonchev–Trinajstić information content (AvgIpc) is 2.33. The molecule has 1 aromatic carbocycles. The molecular weight excluding hydrogens is 205 g/mol. The Kier molecular flexibility index (Phi) is 3.65. The van der Waals surface area contributed by atoms with Crippen LogP contribution < -0.4 is 10.1 Å². The molecule has 0 unspecified atom stereocenters. The maximum Gasteiger partial charge on any atom is 0.120 e. The fourth-order valence-corrected chi connectivity index (χ4v) is 2.15. The SMILES string of the molecule is COc1ccc(N[C@@H]2CCCC[C@H]2F)cc1. The van der Waals surface area contributed by atoms with Gasteiger partial charge in [-0.1, -0.05) is 12.8 Å². The van der Waals surface area contributed by atoms with Crippen LogP contribution in [0.25, 0.3) is 0 Å². The number of benzene rings is 1. The van der Waals surface area contributed by atoms with Crippen molar-refractivity contribution in [3.63, 3.8) is 0 Å². The Labute approximate surface area is 95.8 Å². The molecule has 1 aliphatic rings. The van der Waals surface area contributed by atoms with Crippen LogP contribution in [0.5, 0.6) is 5.75 Å². The van der Waals surface area contributed by atoms with Crippen LogP contribution in [0.3, 0.4) is 0 Å². The molecule has 2 nitrogen and oxygen atoms in total. The fraction of sp³-hybridized carbons (Fsp3) is 0.538. The molecule has 0 heterocycles. The Morgan fingerprint density at radius 3 is 2.50 bits per heavy atom. The van der Waals surface area contributed by atoms with Crippen LogP contribution in [0, 0.1) is 0 Å². The van der Waals surface area contributed by atoms with Gasteiger partial charge in [-0.05, 0) is 37.1 Å². The number of halogens is 1. The highest BCUT2D eigenvalue weighted by Gasteiger charge is 2.24. The highest BCUT2D eigenvalue weighted by molar-refractivity contribution is 5.47. The van der Waals surface area contributed by atoms with E-state index in [4.69, 9.17) is 4.74 Å². The summed E-state index contributed by atoms with van der Waals surface area (Å²) in [4.78, 5) is 0. The average molecular weight is 223 g/mol. The molecule has 2 atom stereocenters. The van der Waals surface area contributed by atoms with Gasteiger partial charge in [0.2, 0.25) is 0 Å². The Hall–Kier alpha value is -1.25. The van der Waals surface area contributed by atoms with E-state index in [1.165, 1.54) is 0 Å². The predicted molar refractivity (Wildman–Crippen MR) is 63.8 cm³/mol. The number of ether oxygens (including phenoxy) is 1. The zero-order chi connectivity index (χ0) is 11.4. The van der Waals surface area contributed by atoms with Crippen molar-refractivity contribution in [3.05, 3.63) is 24.3 Å². The first-order valence-corrected chi connectivity index (χ1v) is 5.84. The molecule has 0 amide bonds. The molecule has 88 valence electrons. The van der Waals surface area contributed by atoms with Crippen molar-refractivity contribution >= 4 is 5.69 Å². The van der Waals surface area contributed by atoms with Crippen molar-refractivity contribution < 1.29 is 9.13 Å². The van der Waals surface area contributed by atoms with Crippen LogP contribution in [-0.2, 0) is 0 Å². The van der Waals surface area contributed by atoms with E-state index in [1.807, 2.05) is 24.3 Å². The van der Waals surface area contributed by atoms with E-state index in [2.05, 4.69) is 5.32 Å². The van der Waals surface area contributed by atoms with Gasteiger partial charge < -0.3 is 10.1 Å². The topological polar surface area (TPSA) is 21.3 Å². The van der Waals surface area contributed by atoms with Gasteiger partial charge in [0, 0.05) is 5.69 Å². The second kappa shape index (κ2) is 5.19. The monoisotopic (exact) mass is 223 g/mol. The molecule has 3 heteroatoms. The van der Waals surface area contributed by atoms with Crippen LogP contribution in [0.4, 0.5) is 10.1 Å². The summed E-state index contributed by atoms with van der Waals surface area (Å²) in [6.45, 7) is 0. The van der Waals surface area contributed by atoms with E-state index in [1.54, 1.807) is 7.11 Å². The number of rotatable bonds is 3. The molecule has 0 radical (unpaired) electrons. The summed E-state index contributed by atoms with van der Waals surface area (Å²) in [6, 6.07) is 7.61. The van der Waals surface area contributed by atoms with Crippen molar-refractivity contribution in [2.75, 3.05) is 12.4 Å². The molecule has 1 saturated carbocycles. The molecule has 0 spiro atoms. The standard InChI is InChI=1S/C13H18FNO/c1-16-11-8-6-10(7-9-11)15-13-5-3-2-4-12(13)14/h6-9,12-13,15H,2-5H2,1H3/t12-,13-/m1/s1. The Morgan fingerprint density at radius 1 is 1.19 bits per heavy atom. The molecule has 0 saturated heterocycles. The highest BCUT2D eigenvalue weighted by atomic mass is 19.1. The second-order valence-electron chi connectivity index (χ2n) is 4.28. The largest absolute Gasteiger partial charge is 0.497 e. The lowest BCUT2D eigenvalue weighted by Crippen LogP contribution is -2.33. The lowest BCUT2D eigenvalue weighted by atomic mass is 9.93. The van der Waals surface area contributed by atoms with E-state index < -0.39 is 6.17 Å². The van der Waals surface area contributed by atoms with Gasteiger partial charge in [-0.25, -0.2) is 4.39 Å². The Bertz CT molecular complexity index is 325. The second-order valence-corrected chi connectivity index (χ2v) is 4.28. The van der Waals surface area contributed by atoms with E-state index in [0.717, 1.165) is 30.7 Å². The van der Waals surface area contributed by atoms with Crippen LogP contribution >= 0.6 is 0 Å². The van der Waals surface area contributed by atoms with Crippen molar-refractivity contribution in [2.45, 2.75) is 37.9 Å². The summed E-state index contributed by atoms with van der Waals surface area (Å²) in [7, 11) is 1.64. The zero-order valence-corrected chi connectivity index (χ0v) is 9.58. The smallest absolute Gasteiger partial charge is 0.120 e. The highest BCUT2D eigenvalue weighted by Crippen LogP contribution is 2.25. The van der Waals surface area contributed by atoms with Crippen LogP contribution in [0.2, 0.25) is 0 Å². The van der Waals surface area contributed by atoms with Gasteiger partial charge in [0.05, 0.1) is 13.2 Å². The minimum atomic E-state index is -0.712. The van der Waals surface area contributed by atoms with Gasteiger partial charge in [-0.3, -0.25) is 0 Å². The number of alkyl halides is 1.